The Morgan fingerprint density at radius 3 is 3.00 bits per heavy atom. The molecule has 1 fully saturated rings. The van der Waals surface area contributed by atoms with E-state index in [0.717, 1.165) is 18.5 Å². The lowest BCUT2D eigenvalue weighted by molar-refractivity contribution is -0.117. The Kier molecular flexibility index (Phi) is 1.65. The lowest BCUT2D eigenvalue weighted by Crippen LogP contribution is -2.13. The van der Waals surface area contributed by atoms with Crippen molar-refractivity contribution in [2.45, 2.75) is 31.6 Å². The molecule has 0 aliphatic heterocycles. The summed E-state index contributed by atoms with van der Waals surface area (Å²) in [4.78, 5) is 10.6. The molecular weight excluding hydrogens is 168 g/mol. The number of hydrogen-bond donors (Lipinski definition) is 1. The topological polar surface area (TPSA) is 69.1 Å². The van der Waals surface area contributed by atoms with Gasteiger partial charge in [0.15, 0.2) is 0 Å². The third-order valence-electron chi connectivity index (χ3n) is 2.53. The van der Waals surface area contributed by atoms with E-state index < -0.39 is 0 Å². The molecule has 0 atom stereocenters. The maximum Gasteiger partial charge on any atom is 0.225 e. The van der Waals surface area contributed by atoms with E-state index in [1.807, 2.05) is 6.07 Å². The van der Waals surface area contributed by atoms with E-state index in [1.54, 1.807) is 0 Å². The van der Waals surface area contributed by atoms with Crippen molar-refractivity contribution in [1.29, 1.82) is 0 Å². The smallest absolute Gasteiger partial charge is 0.225 e. The fourth-order valence-electron chi connectivity index (χ4n) is 1.30. The standard InChI is InChI=1S/C9H12N2O2/c1-9(2-3-9)7-4-6(13-11-7)5-8(10)12/h4H,2-3,5H2,1H3,(H2,10,12). The fourth-order valence-corrected chi connectivity index (χ4v) is 1.30. The maximum atomic E-state index is 10.6. The highest BCUT2D eigenvalue weighted by atomic mass is 16.5. The highest BCUT2D eigenvalue weighted by molar-refractivity contribution is 5.75. The largest absolute Gasteiger partial charge is 0.369 e. The Hall–Kier alpha value is -1.32. The van der Waals surface area contributed by atoms with Crippen molar-refractivity contribution >= 4 is 5.91 Å². The quantitative estimate of drug-likeness (QED) is 0.746. The molecule has 0 spiro atoms. The predicted octanol–water partition coefficient (Wildman–Crippen LogP) is 0.754. The molecule has 1 aliphatic carbocycles. The first-order chi connectivity index (χ1) is 6.10. The lowest BCUT2D eigenvalue weighted by atomic mass is 10.1. The average molecular weight is 180 g/mol. The first-order valence-corrected chi connectivity index (χ1v) is 4.34. The van der Waals surface area contributed by atoms with E-state index in [-0.39, 0.29) is 17.7 Å². The van der Waals surface area contributed by atoms with Crippen LogP contribution in [0.2, 0.25) is 0 Å². The maximum absolute atomic E-state index is 10.6. The van der Waals surface area contributed by atoms with Crippen LogP contribution >= 0.6 is 0 Å². The van der Waals surface area contributed by atoms with Crippen LogP contribution in [0.25, 0.3) is 0 Å². The Balaban J connectivity index is 2.14. The molecule has 0 unspecified atom stereocenters. The molecule has 0 aromatic carbocycles. The van der Waals surface area contributed by atoms with Crippen molar-refractivity contribution in [2.75, 3.05) is 0 Å². The van der Waals surface area contributed by atoms with Crippen molar-refractivity contribution in [3.05, 3.63) is 17.5 Å². The highest BCUT2D eigenvalue weighted by Gasteiger charge is 2.41. The summed E-state index contributed by atoms with van der Waals surface area (Å²) in [6.07, 6.45) is 2.44. The van der Waals surface area contributed by atoms with Crippen LogP contribution in [0.1, 0.15) is 31.2 Å². The van der Waals surface area contributed by atoms with E-state index in [4.69, 9.17) is 10.3 Å². The van der Waals surface area contributed by atoms with E-state index in [1.165, 1.54) is 0 Å². The Morgan fingerprint density at radius 2 is 2.46 bits per heavy atom. The van der Waals surface area contributed by atoms with E-state index in [9.17, 15) is 4.79 Å². The van der Waals surface area contributed by atoms with Gasteiger partial charge in [0.25, 0.3) is 0 Å². The van der Waals surface area contributed by atoms with Gasteiger partial charge in [-0.3, -0.25) is 4.79 Å². The van der Waals surface area contributed by atoms with E-state index in [0.29, 0.717) is 5.76 Å². The summed E-state index contributed by atoms with van der Waals surface area (Å²) in [5.41, 5.74) is 6.17. The Morgan fingerprint density at radius 1 is 1.77 bits per heavy atom. The molecule has 2 N–H and O–H groups in total. The number of carbonyl (C=O) groups is 1. The number of primary amides is 1. The third-order valence-corrected chi connectivity index (χ3v) is 2.53. The molecule has 1 heterocycles. The van der Waals surface area contributed by atoms with Gasteiger partial charge in [-0.1, -0.05) is 12.1 Å². The molecule has 1 aromatic heterocycles. The zero-order chi connectivity index (χ0) is 9.47. The first kappa shape index (κ1) is 8.29. The predicted molar refractivity (Wildman–Crippen MR) is 46.0 cm³/mol. The van der Waals surface area contributed by atoms with E-state index in [2.05, 4.69) is 12.1 Å². The molecule has 1 saturated carbocycles. The molecular formula is C9H12N2O2. The number of hydrogen-bond acceptors (Lipinski definition) is 3. The van der Waals surface area contributed by atoms with Gasteiger partial charge >= 0.3 is 0 Å². The number of rotatable bonds is 3. The SMILES string of the molecule is CC1(c2cc(CC(N)=O)on2)CC1. The van der Waals surface area contributed by atoms with Gasteiger partial charge in [-0.25, -0.2) is 0 Å². The molecule has 4 nitrogen and oxygen atoms in total. The van der Waals surface area contributed by atoms with Crippen molar-refractivity contribution in [3.8, 4) is 0 Å². The molecule has 1 aromatic rings. The molecule has 13 heavy (non-hydrogen) atoms. The number of carbonyl (C=O) groups excluding carboxylic acids is 1. The van der Waals surface area contributed by atoms with Crippen LogP contribution in [0, 0.1) is 0 Å². The summed E-state index contributed by atoms with van der Waals surface area (Å²) >= 11 is 0. The van der Waals surface area contributed by atoms with E-state index >= 15 is 0 Å². The molecule has 1 aliphatic rings. The van der Waals surface area contributed by atoms with Crippen molar-refractivity contribution in [1.82, 2.24) is 5.16 Å². The molecule has 0 radical (unpaired) electrons. The van der Waals surface area contributed by atoms with Crippen LogP contribution in [0.15, 0.2) is 10.6 Å². The summed E-state index contributed by atoms with van der Waals surface area (Å²) in [6, 6.07) is 1.83. The highest BCUT2D eigenvalue weighted by Crippen LogP contribution is 2.46. The minimum Gasteiger partial charge on any atom is -0.369 e. The zero-order valence-corrected chi connectivity index (χ0v) is 7.54. The molecule has 1 amide bonds. The van der Waals surface area contributed by atoms with Gasteiger partial charge in [0.05, 0.1) is 12.1 Å². The van der Waals surface area contributed by atoms with Crippen LogP contribution in [-0.4, -0.2) is 11.1 Å². The molecule has 2 rings (SSSR count). The number of aromatic nitrogens is 1. The number of amides is 1. The number of nitrogens with zero attached hydrogens (tertiary/aromatic N) is 1. The Bertz CT molecular complexity index is 339. The second-order valence-corrected chi connectivity index (χ2v) is 3.88. The summed E-state index contributed by atoms with van der Waals surface area (Å²) in [5.74, 6) is 0.180. The van der Waals surface area contributed by atoms with Crippen LogP contribution in [0.5, 0.6) is 0 Å². The summed E-state index contributed by atoms with van der Waals surface area (Å²) in [7, 11) is 0. The van der Waals surface area contributed by atoms with Gasteiger partial charge in [-0.05, 0) is 12.8 Å². The second kappa shape index (κ2) is 2.58. The van der Waals surface area contributed by atoms with Crippen LogP contribution in [0.4, 0.5) is 0 Å². The first-order valence-electron chi connectivity index (χ1n) is 4.34. The van der Waals surface area contributed by atoms with Gasteiger partial charge in [-0.2, -0.15) is 0 Å². The third kappa shape index (κ3) is 1.56. The fraction of sp³-hybridized carbons (Fsp3) is 0.556. The van der Waals surface area contributed by atoms with Gasteiger partial charge in [0.1, 0.15) is 5.76 Å². The van der Waals surface area contributed by atoms with Crippen molar-refractivity contribution < 1.29 is 9.32 Å². The van der Waals surface area contributed by atoms with Crippen molar-refractivity contribution in [2.24, 2.45) is 5.73 Å². The van der Waals surface area contributed by atoms with Gasteiger partial charge < -0.3 is 10.3 Å². The molecule has 4 heteroatoms. The summed E-state index contributed by atoms with van der Waals surface area (Å²) < 4.78 is 4.99. The molecule has 70 valence electrons. The summed E-state index contributed by atoms with van der Waals surface area (Å²) in [6.45, 7) is 2.14. The zero-order valence-electron chi connectivity index (χ0n) is 7.54. The van der Waals surface area contributed by atoms with Gasteiger partial charge in [-0.15, -0.1) is 0 Å². The number of nitrogens with two attached hydrogens (primary N) is 1. The van der Waals surface area contributed by atoms with Crippen LogP contribution < -0.4 is 5.73 Å². The second-order valence-electron chi connectivity index (χ2n) is 3.88. The van der Waals surface area contributed by atoms with Gasteiger partial charge in [0, 0.05) is 11.5 Å². The van der Waals surface area contributed by atoms with Crippen LogP contribution in [-0.2, 0) is 16.6 Å². The van der Waals surface area contributed by atoms with Gasteiger partial charge in [0.2, 0.25) is 5.91 Å². The lowest BCUT2D eigenvalue weighted by Gasteiger charge is -1.98. The average Bonchev–Trinajstić information content (AvgIpc) is 2.62. The van der Waals surface area contributed by atoms with Crippen LogP contribution in [0.3, 0.4) is 0 Å². The normalized spacial score (nSPS) is 18.5. The van der Waals surface area contributed by atoms with Crippen molar-refractivity contribution in [3.63, 3.8) is 0 Å². The molecule has 0 bridgehead atoms. The summed E-state index contributed by atoms with van der Waals surface area (Å²) in [5, 5.41) is 3.92. The minimum atomic E-state index is -0.386. The Labute approximate surface area is 76.1 Å². The molecule has 0 saturated heterocycles. The minimum absolute atomic E-state index is 0.142. The monoisotopic (exact) mass is 180 g/mol.